The van der Waals surface area contributed by atoms with Crippen LogP contribution in [0.25, 0.3) is 55.0 Å². The van der Waals surface area contributed by atoms with Gasteiger partial charge in [-0.15, -0.1) is 0 Å². The molecule has 246 valence electrons. The van der Waals surface area contributed by atoms with Crippen molar-refractivity contribution in [2.24, 2.45) is 0 Å². The highest BCUT2D eigenvalue weighted by Gasteiger charge is 2.23. The van der Waals surface area contributed by atoms with E-state index in [0.717, 1.165) is 83.6 Å². The molecule has 0 spiro atoms. The Morgan fingerprint density at radius 2 is 0.750 bits per heavy atom. The van der Waals surface area contributed by atoms with Crippen LogP contribution in [0.3, 0.4) is 0 Å². The number of fused-ring (bicyclic) bond motifs is 6. The molecule has 0 fully saturated rings. The van der Waals surface area contributed by atoms with Crippen molar-refractivity contribution in [1.29, 1.82) is 0 Å². The minimum Gasteiger partial charge on any atom is -0.456 e. The predicted octanol–water partition coefficient (Wildman–Crippen LogP) is 14.1. The highest BCUT2D eigenvalue weighted by atomic mass is 16.3. The molecule has 0 atom stereocenters. The van der Waals surface area contributed by atoms with Crippen molar-refractivity contribution in [2.75, 3.05) is 9.80 Å². The maximum atomic E-state index is 7.08. The number of para-hydroxylation sites is 5. The normalized spacial score (nSPS) is 11.5. The molecule has 0 bridgehead atoms. The van der Waals surface area contributed by atoms with E-state index in [1.807, 2.05) is 30.3 Å². The van der Waals surface area contributed by atoms with E-state index in [-0.39, 0.29) is 0 Å². The zero-order valence-electron chi connectivity index (χ0n) is 28.2. The number of furan rings is 2. The molecule has 0 aliphatic heterocycles. The molecule has 10 rings (SSSR count). The van der Waals surface area contributed by atoms with Gasteiger partial charge < -0.3 is 18.6 Å². The summed E-state index contributed by atoms with van der Waals surface area (Å²) in [5.41, 5.74) is 11.7. The van der Waals surface area contributed by atoms with Gasteiger partial charge in [-0.1, -0.05) is 121 Å². The second-order valence-electron chi connectivity index (χ2n) is 12.9. The molecule has 0 amide bonds. The first-order valence-corrected chi connectivity index (χ1v) is 17.5. The third-order valence-corrected chi connectivity index (χ3v) is 9.85. The molecule has 0 aliphatic carbocycles. The fraction of sp³-hybridized carbons (Fsp3) is 0. The largest absolute Gasteiger partial charge is 0.456 e. The summed E-state index contributed by atoms with van der Waals surface area (Å²) >= 11 is 0. The van der Waals surface area contributed by atoms with Crippen LogP contribution in [0.2, 0.25) is 0 Å². The fourth-order valence-corrected chi connectivity index (χ4v) is 7.44. The van der Waals surface area contributed by atoms with E-state index in [2.05, 4.69) is 174 Å². The molecule has 4 heteroatoms. The van der Waals surface area contributed by atoms with Crippen molar-refractivity contribution in [3.8, 4) is 11.1 Å². The molecule has 4 nitrogen and oxygen atoms in total. The highest BCUT2D eigenvalue weighted by molar-refractivity contribution is 6.14. The third kappa shape index (κ3) is 5.00. The van der Waals surface area contributed by atoms with Crippen molar-refractivity contribution >= 4 is 78.0 Å². The van der Waals surface area contributed by atoms with Crippen molar-refractivity contribution in [3.05, 3.63) is 194 Å². The zero-order valence-corrected chi connectivity index (χ0v) is 28.2. The summed E-state index contributed by atoms with van der Waals surface area (Å²) in [6.45, 7) is 0. The van der Waals surface area contributed by atoms with Crippen LogP contribution in [0.1, 0.15) is 0 Å². The molecule has 8 aromatic carbocycles. The topological polar surface area (TPSA) is 32.8 Å². The average molecular weight is 669 g/mol. The number of hydrogen-bond donors (Lipinski definition) is 0. The van der Waals surface area contributed by atoms with Crippen LogP contribution in [0.5, 0.6) is 0 Å². The van der Waals surface area contributed by atoms with Crippen LogP contribution >= 0.6 is 0 Å². The Balaban J connectivity index is 1.19. The molecule has 0 radical (unpaired) electrons. The summed E-state index contributed by atoms with van der Waals surface area (Å²) in [6.07, 6.45) is 0. The minimum atomic E-state index is 0.808. The SMILES string of the molecule is c1ccc(-c2ccc(N(c3ccc4c(c3)oc3ccccc34)c3cccc4c3oc3c(N(c5ccccc5)c5ccccc5)cccc34)cc2)cc1. The maximum Gasteiger partial charge on any atom is 0.159 e. The first kappa shape index (κ1) is 29.8. The fourth-order valence-electron chi connectivity index (χ4n) is 7.44. The van der Waals surface area contributed by atoms with Gasteiger partial charge in [0.1, 0.15) is 11.2 Å². The van der Waals surface area contributed by atoms with Crippen LogP contribution in [-0.2, 0) is 0 Å². The van der Waals surface area contributed by atoms with Crippen molar-refractivity contribution < 1.29 is 8.83 Å². The van der Waals surface area contributed by atoms with Gasteiger partial charge in [-0.3, -0.25) is 0 Å². The van der Waals surface area contributed by atoms with E-state index in [4.69, 9.17) is 8.83 Å². The second kappa shape index (κ2) is 12.4. The van der Waals surface area contributed by atoms with Gasteiger partial charge in [-0.2, -0.15) is 0 Å². The Morgan fingerprint density at radius 3 is 1.38 bits per heavy atom. The lowest BCUT2D eigenvalue weighted by Gasteiger charge is -2.26. The molecule has 52 heavy (non-hydrogen) atoms. The number of rotatable bonds is 7. The Morgan fingerprint density at radius 1 is 0.288 bits per heavy atom. The van der Waals surface area contributed by atoms with E-state index in [1.54, 1.807) is 0 Å². The summed E-state index contributed by atoms with van der Waals surface area (Å²) in [5, 5.41) is 4.30. The van der Waals surface area contributed by atoms with Crippen LogP contribution < -0.4 is 9.80 Å². The van der Waals surface area contributed by atoms with Gasteiger partial charge in [0.25, 0.3) is 0 Å². The molecule has 0 saturated heterocycles. The smallest absolute Gasteiger partial charge is 0.159 e. The average Bonchev–Trinajstić information content (AvgIpc) is 3.79. The quantitative estimate of drug-likeness (QED) is 0.169. The summed E-state index contributed by atoms with van der Waals surface area (Å²) in [4.78, 5) is 4.54. The lowest BCUT2D eigenvalue weighted by Crippen LogP contribution is -2.10. The van der Waals surface area contributed by atoms with Gasteiger partial charge in [0.05, 0.1) is 17.1 Å². The lowest BCUT2D eigenvalue weighted by molar-refractivity contribution is 0.667. The van der Waals surface area contributed by atoms with E-state index < -0.39 is 0 Å². The molecule has 0 saturated carbocycles. The van der Waals surface area contributed by atoms with Gasteiger partial charge in [0, 0.05) is 44.7 Å². The number of hydrogen-bond acceptors (Lipinski definition) is 4. The standard InChI is InChI=1S/C48H32N2O2/c1-4-14-33(15-5-1)34-26-28-37(29-27-34)50(38-30-31-40-39-20-10-11-25-45(39)51-46(40)32-38)44-24-13-22-42-41-21-12-23-43(47(41)52-48(42)44)49(35-16-6-2-7-17-35)36-18-8-3-9-19-36/h1-32H. The van der Waals surface area contributed by atoms with E-state index in [1.165, 1.54) is 5.56 Å². The summed E-state index contributed by atoms with van der Waals surface area (Å²) < 4.78 is 13.5. The molecular formula is C48H32N2O2. The first-order valence-electron chi connectivity index (χ1n) is 17.5. The number of nitrogens with zero attached hydrogens (tertiary/aromatic N) is 2. The van der Waals surface area contributed by atoms with Gasteiger partial charge >= 0.3 is 0 Å². The molecule has 2 heterocycles. The minimum absolute atomic E-state index is 0.808. The Bertz CT molecular complexity index is 2800. The molecule has 0 aliphatic rings. The Labute approximate surface area is 301 Å². The summed E-state index contributed by atoms with van der Waals surface area (Å²) in [7, 11) is 0. The Kier molecular flexibility index (Phi) is 7.10. The van der Waals surface area contributed by atoms with Gasteiger partial charge in [0.2, 0.25) is 0 Å². The zero-order chi connectivity index (χ0) is 34.4. The summed E-state index contributed by atoms with van der Waals surface area (Å²) in [5.74, 6) is 0. The molecule has 2 aromatic heterocycles. The third-order valence-electron chi connectivity index (χ3n) is 9.85. The van der Waals surface area contributed by atoms with Crippen LogP contribution in [-0.4, -0.2) is 0 Å². The van der Waals surface area contributed by atoms with Crippen LogP contribution in [0.4, 0.5) is 34.1 Å². The first-order chi connectivity index (χ1) is 25.8. The highest BCUT2D eigenvalue weighted by Crippen LogP contribution is 2.47. The number of anilines is 6. The molecular weight excluding hydrogens is 637 g/mol. The maximum absolute atomic E-state index is 7.08. The van der Waals surface area contributed by atoms with Crippen LogP contribution in [0.15, 0.2) is 203 Å². The molecule has 0 N–H and O–H groups in total. The monoisotopic (exact) mass is 668 g/mol. The van der Waals surface area contributed by atoms with Gasteiger partial charge in [-0.25, -0.2) is 0 Å². The van der Waals surface area contributed by atoms with Crippen molar-refractivity contribution in [3.63, 3.8) is 0 Å². The molecule has 10 aromatic rings. The lowest BCUT2D eigenvalue weighted by atomic mass is 10.0. The predicted molar refractivity (Wildman–Crippen MR) is 216 cm³/mol. The number of benzene rings is 8. The second-order valence-corrected chi connectivity index (χ2v) is 12.9. The van der Waals surface area contributed by atoms with Gasteiger partial charge in [0.15, 0.2) is 11.2 Å². The summed E-state index contributed by atoms with van der Waals surface area (Å²) in [6, 6.07) is 67.7. The van der Waals surface area contributed by atoms with Crippen molar-refractivity contribution in [2.45, 2.75) is 0 Å². The molecule has 0 unspecified atom stereocenters. The van der Waals surface area contributed by atoms with Crippen LogP contribution in [0, 0.1) is 0 Å². The van der Waals surface area contributed by atoms with E-state index >= 15 is 0 Å². The van der Waals surface area contributed by atoms with E-state index in [0.29, 0.717) is 0 Å². The van der Waals surface area contributed by atoms with E-state index in [9.17, 15) is 0 Å². The van der Waals surface area contributed by atoms with Gasteiger partial charge in [-0.05, 0) is 77.9 Å². The Hall–Kier alpha value is -7.04. The van der Waals surface area contributed by atoms with Crippen molar-refractivity contribution in [1.82, 2.24) is 0 Å².